The van der Waals surface area contributed by atoms with Crippen LogP contribution in [0.15, 0.2) is 42.5 Å². The van der Waals surface area contributed by atoms with Gasteiger partial charge in [-0.1, -0.05) is 41.4 Å². The van der Waals surface area contributed by atoms with Gasteiger partial charge in [-0.2, -0.15) is 0 Å². The molecular weight excluding hydrogens is 269 g/mol. The maximum absolute atomic E-state index is 12.1. The first-order valence-corrected chi connectivity index (χ1v) is 6.16. The van der Waals surface area contributed by atoms with Gasteiger partial charge in [0.2, 0.25) is 0 Å². The van der Waals surface area contributed by atoms with Gasteiger partial charge < -0.3 is 5.32 Å². The number of amides is 1. The van der Waals surface area contributed by atoms with Crippen molar-refractivity contribution in [1.29, 1.82) is 0 Å². The van der Waals surface area contributed by atoms with Crippen LogP contribution in [0, 0.1) is 6.92 Å². The van der Waals surface area contributed by atoms with Gasteiger partial charge in [0.1, 0.15) is 0 Å². The molecule has 2 aromatic rings. The molecule has 18 heavy (non-hydrogen) atoms. The zero-order valence-electron chi connectivity index (χ0n) is 9.71. The summed E-state index contributed by atoms with van der Waals surface area (Å²) in [6.45, 7) is 1.85. The number of anilines is 1. The van der Waals surface area contributed by atoms with Crippen molar-refractivity contribution in [3.63, 3.8) is 0 Å². The first kappa shape index (κ1) is 12.9. The summed E-state index contributed by atoms with van der Waals surface area (Å²) in [5.41, 5.74) is 1.96. The van der Waals surface area contributed by atoms with Crippen LogP contribution in [-0.4, -0.2) is 5.91 Å². The van der Waals surface area contributed by atoms with Crippen molar-refractivity contribution in [2.24, 2.45) is 0 Å². The van der Waals surface area contributed by atoms with Crippen LogP contribution >= 0.6 is 23.2 Å². The lowest BCUT2D eigenvalue weighted by Crippen LogP contribution is -2.13. The highest BCUT2D eigenvalue weighted by Crippen LogP contribution is 2.24. The Hall–Kier alpha value is -1.51. The molecule has 92 valence electrons. The molecule has 0 spiro atoms. The molecule has 2 rings (SSSR count). The Morgan fingerprint density at radius 3 is 2.39 bits per heavy atom. The lowest BCUT2D eigenvalue weighted by Gasteiger charge is -2.10. The summed E-state index contributed by atoms with van der Waals surface area (Å²) in [6.07, 6.45) is 0. The number of hydrogen-bond acceptors (Lipinski definition) is 1. The van der Waals surface area contributed by atoms with E-state index in [-0.39, 0.29) is 5.91 Å². The van der Waals surface area contributed by atoms with E-state index in [2.05, 4.69) is 5.32 Å². The Morgan fingerprint density at radius 1 is 1.00 bits per heavy atom. The number of benzene rings is 2. The maximum Gasteiger partial charge on any atom is 0.257 e. The van der Waals surface area contributed by atoms with E-state index in [1.165, 1.54) is 0 Å². The van der Waals surface area contributed by atoms with Crippen molar-refractivity contribution in [3.8, 4) is 0 Å². The van der Waals surface area contributed by atoms with Gasteiger partial charge in [-0.15, -0.1) is 0 Å². The normalized spacial score (nSPS) is 10.2. The van der Waals surface area contributed by atoms with E-state index in [4.69, 9.17) is 23.2 Å². The van der Waals surface area contributed by atoms with Gasteiger partial charge in [-0.05, 0) is 36.8 Å². The van der Waals surface area contributed by atoms with Gasteiger partial charge in [-0.3, -0.25) is 4.79 Å². The Bertz CT molecular complexity index is 596. The fourth-order valence-electron chi connectivity index (χ4n) is 1.58. The lowest BCUT2D eigenvalue weighted by atomic mass is 10.1. The standard InChI is InChI=1S/C14H11Cl2NO/c1-9-11(15)7-4-8-13(9)17-14(18)10-5-2-3-6-12(10)16/h2-8H,1H3,(H,17,18). The summed E-state index contributed by atoms with van der Waals surface area (Å²) in [5, 5.41) is 3.84. The van der Waals surface area contributed by atoms with E-state index in [9.17, 15) is 4.79 Å². The van der Waals surface area contributed by atoms with Gasteiger partial charge in [0, 0.05) is 10.7 Å². The van der Waals surface area contributed by atoms with Crippen LogP contribution in [0.5, 0.6) is 0 Å². The monoisotopic (exact) mass is 279 g/mol. The van der Waals surface area contributed by atoms with E-state index >= 15 is 0 Å². The Morgan fingerprint density at radius 2 is 1.67 bits per heavy atom. The van der Waals surface area contributed by atoms with Crippen LogP contribution in [-0.2, 0) is 0 Å². The average molecular weight is 280 g/mol. The molecule has 0 aromatic heterocycles. The van der Waals surface area contributed by atoms with Crippen molar-refractivity contribution in [2.45, 2.75) is 6.92 Å². The van der Waals surface area contributed by atoms with E-state index in [0.717, 1.165) is 5.56 Å². The van der Waals surface area contributed by atoms with Crippen molar-refractivity contribution < 1.29 is 4.79 Å². The zero-order valence-corrected chi connectivity index (χ0v) is 11.2. The predicted octanol–water partition coefficient (Wildman–Crippen LogP) is 4.55. The number of hydrogen-bond donors (Lipinski definition) is 1. The van der Waals surface area contributed by atoms with Crippen molar-refractivity contribution in [1.82, 2.24) is 0 Å². The number of rotatable bonds is 2. The second-order valence-corrected chi connectivity index (χ2v) is 4.66. The van der Waals surface area contributed by atoms with Crippen molar-refractivity contribution >= 4 is 34.8 Å². The molecule has 0 radical (unpaired) electrons. The highest BCUT2D eigenvalue weighted by atomic mass is 35.5. The van der Waals surface area contributed by atoms with Gasteiger partial charge in [0.05, 0.1) is 10.6 Å². The topological polar surface area (TPSA) is 29.1 Å². The van der Waals surface area contributed by atoms with E-state index < -0.39 is 0 Å². The fraction of sp³-hybridized carbons (Fsp3) is 0.0714. The van der Waals surface area contributed by atoms with Crippen molar-refractivity contribution in [2.75, 3.05) is 5.32 Å². The molecule has 0 saturated heterocycles. The molecular formula is C14H11Cl2NO. The largest absolute Gasteiger partial charge is 0.322 e. The first-order chi connectivity index (χ1) is 8.59. The molecule has 0 atom stereocenters. The number of halogens is 2. The van der Waals surface area contributed by atoms with Crippen LogP contribution in [0.1, 0.15) is 15.9 Å². The third kappa shape index (κ3) is 2.66. The molecule has 0 aliphatic carbocycles. The summed E-state index contributed by atoms with van der Waals surface area (Å²) >= 11 is 12.0. The third-order valence-electron chi connectivity index (χ3n) is 2.63. The molecule has 0 saturated carbocycles. The summed E-state index contributed by atoms with van der Waals surface area (Å²) in [6, 6.07) is 12.3. The maximum atomic E-state index is 12.1. The molecule has 0 aliphatic heterocycles. The highest BCUT2D eigenvalue weighted by molar-refractivity contribution is 6.34. The quantitative estimate of drug-likeness (QED) is 0.858. The highest BCUT2D eigenvalue weighted by Gasteiger charge is 2.11. The van der Waals surface area contributed by atoms with Gasteiger partial charge >= 0.3 is 0 Å². The first-order valence-electron chi connectivity index (χ1n) is 5.40. The summed E-state index contributed by atoms with van der Waals surface area (Å²) in [4.78, 5) is 12.1. The second kappa shape index (κ2) is 5.42. The van der Waals surface area contributed by atoms with Gasteiger partial charge in [-0.25, -0.2) is 0 Å². The summed E-state index contributed by atoms with van der Waals surface area (Å²) in [5.74, 6) is -0.244. The van der Waals surface area contributed by atoms with E-state index in [0.29, 0.717) is 21.3 Å². The van der Waals surface area contributed by atoms with E-state index in [1.54, 1.807) is 42.5 Å². The van der Waals surface area contributed by atoms with Crippen molar-refractivity contribution in [3.05, 3.63) is 63.6 Å². The molecule has 2 aromatic carbocycles. The van der Waals surface area contributed by atoms with Gasteiger partial charge in [0.15, 0.2) is 0 Å². The second-order valence-electron chi connectivity index (χ2n) is 3.85. The van der Waals surface area contributed by atoms with E-state index in [1.807, 2.05) is 6.92 Å². The summed E-state index contributed by atoms with van der Waals surface area (Å²) < 4.78 is 0. The third-order valence-corrected chi connectivity index (χ3v) is 3.37. The predicted molar refractivity (Wildman–Crippen MR) is 75.6 cm³/mol. The van der Waals surface area contributed by atoms with Crippen LogP contribution in [0.25, 0.3) is 0 Å². The average Bonchev–Trinajstić information content (AvgIpc) is 2.35. The minimum atomic E-state index is -0.244. The molecule has 0 unspecified atom stereocenters. The fourth-order valence-corrected chi connectivity index (χ4v) is 1.97. The minimum absolute atomic E-state index is 0.244. The minimum Gasteiger partial charge on any atom is -0.322 e. The lowest BCUT2D eigenvalue weighted by molar-refractivity contribution is 0.102. The molecule has 0 heterocycles. The molecule has 0 fully saturated rings. The number of carbonyl (C=O) groups is 1. The van der Waals surface area contributed by atoms with Crippen LogP contribution in [0.4, 0.5) is 5.69 Å². The molecule has 1 N–H and O–H groups in total. The van der Waals surface area contributed by atoms with Crippen LogP contribution < -0.4 is 5.32 Å². The molecule has 2 nitrogen and oxygen atoms in total. The molecule has 0 bridgehead atoms. The van der Waals surface area contributed by atoms with Gasteiger partial charge in [0.25, 0.3) is 5.91 Å². The number of nitrogens with one attached hydrogen (secondary N) is 1. The SMILES string of the molecule is Cc1c(Cl)cccc1NC(=O)c1ccccc1Cl. The smallest absolute Gasteiger partial charge is 0.257 e. The Balaban J connectivity index is 2.27. The number of carbonyl (C=O) groups excluding carboxylic acids is 1. The summed E-state index contributed by atoms with van der Waals surface area (Å²) in [7, 11) is 0. The molecule has 1 amide bonds. The Kier molecular flexibility index (Phi) is 3.90. The molecule has 0 aliphatic rings. The Labute approximate surface area is 116 Å². The zero-order chi connectivity index (χ0) is 13.1. The van der Waals surface area contributed by atoms with Crippen LogP contribution in [0.2, 0.25) is 10.0 Å². The molecule has 4 heteroatoms. The van der Waals surface area contributed by atoms with Crippen LogP contribution in [0.3, 0.4) is 0 Å².